The fourth-order valence-electron chi connectivity index (χ4n) is 6.97. The summed E-state index contributed by atoms with van der Waals surface area (Å²) in [6.07, 6.45) is 0. The Balaban J connectivity index is 1.38. The minimum absolute atomic E-state index is 0.545. The first-order chi connectivity index (χ1) is 23.5. The van der Waals surface area contributed by atoms with Crippen LogP contribution in [-0.2, 0) is 0 Å². The first-order valence-electron chi connectivity index (χ1n) is 15.8. The Bertz CT molecular complexity index is 2690. The normalized spacial score (nSPS) is 11.7. The van der Waals surface area contributed by atoms with Gasteiger partial charge >= 0.3 is 0 Å². The van der Waals surface area contributed by atoms with Crippen LogP contribution in [0.1, 0.15) is 34.7 Å². The molecule has 6 aromatic carbocycles. The van der Waals surface area contributed by atoms with E-state index in [4.69, 9.17) is 4.99 Å². The summed E-state index contributed by atoms with van der Waals surface area (Å²) in [7, 11) is 0. The van der Waals surface area contributed by atoms with Gasteiger partial charge in [-0.05, 0) is 80.1 Å². The number of benzene rings is 6. The zero-order valence-electron chi connectivity index (χ0n) is 26.6. The maximum absolute atomic E-state index is 9.93. The fourth-order valence-corrected chi connectivity index (χ4v) is 6.97. The Morgan fingerprint density at radius 2 is 1.10 bits per heavy atom. The molecule has 0 aliphatic heterocycles. The van der Waals surface area contributed by atoms with Gasteiger partial charge in [-0.3, -0.25) is 4.99 Å². The molecule has 8 aromatic rings. The van der Waals surface area contributed by atoms with E-state index in [1.54, 1.807) is 6.07 Å². The number of aryl methyl sites for hydroxylation is 1. The van der Waals surface area contributed by atoms with Crippen molar-refractivity contribution in [1.82, 2.24) is 9.13 Å². The van der Waals surface area contributed by atoms with Gasteiger partial charge in [-0.15, -0.1) is 0 Å². The summed E-state index contributed by atoms with van der Waals surface area (Å²) in [5, 5.41) is 24.1. The van der Waals surface area contributed by atoms with E-state index >= 15 is 0 Å². The molecule has 0 aliphatic rings. The average Bonchev–Trinajstić information content (AvgIpc) is 3.64. The van der Waals surface area contributed by atoms with Crippen LogP contribution in [0.5, 0.6) is 0 Å². The lowest BCUT2D eigenvalue weighted by Gasteiger charge is -2.16. The molecule has 0 spiro atoms. The van der Waals surface area contributed by atoms with Crippen LogP contribution in [0.15, 0.2) is 139 Å². The summed E-state index contributed by atoms with van der Waals surface area (Å²) >= 11 is 0. The SMILES string of the molecule is C=C(N=C(C)c1cc(C#N)ccc1-n1c2ccccc2c2ccc(-n3c4ccccc4c4ccccc43)cc21)c1cc(C#N)ccc1C. The second-order valence-electron chi connectivity index (χ2n) is 12.1. The zero-order valence-corrected chi connectivity index (χ0v) is 26.6. The van der Waals surface area contributed by atoms with Crippen molar-refractivity contribution < 1.29 is 0 Å². The van der Waals surface area contributed by atoms with Crippen LogP contribution in [0.4, 0.5) is 0 Å². The third kappa shape index (κ3) is 4.49. The number of aliphatic imine (C=N–C) groups is 1. The number of rotatable bonds is 5. The molecule has 0 aliphatic carbocycles. The molecule has 0 fully saturated rings. The van der Waals surface area contributed by atoms with Crippen LogP contribution >= 0.6 is 0 Å². The summed E-state index contributed by atoms with van der Waals surface area (Å²) in [6, 6.07) is 48.0. The molecule has 0 radical (unpaired) electrons. The zero-order chi connectivity index (χ0) is 32.9. The molecule has 5 nitrogen and oxygen atoms in total. The van der Waals surface area contributed by atoms with Gasteiger partial charge in [0.2, 0.25) is 0 Å². The van der Waals surface area contributed by atoms with E-state index in [1.807, 2.05) is 44.2 Å². The summed E-state index contributed by atoms with van der Waals surface area (Å²) < 4.78 is 4.61. The van der Waals surface area contributed by atoms with Crippen molar-refractivity contribution in [3.63, 3.8) is 0 Å². The maximum Gasteiger partial charge on any atom is 0.0991 e. The van der Waals surface area contributed by atoms with Crippen LogP contribution in [0.2, 0.25) is 0 Å². The topological polar surface area (TPSA) is 69.8 Å². The monoisotopic (exact) mass is 615 g/mol. The number of hydrogen-bond acceptors (Lipinski definition) is 3. The second kappa shape index (κ2) is 11.3. The smallest absolute Gasteiger partial charge is 0.0991 e. The molecule has 2 heterocycles. The Morgan fingerprint density at radius 3 is 1.71 bits per heavy atom. The maximum atomic E-state index is 9.93. The first kappa shape index (κ1) is 28.8. The number of nitriles is 2. The lowest BCUT2D eigenvalue weighted by molar-refractivity contribution is 1.15. The molecule has 5 heteroatoms. The van der Waals surface area contributed by atoms with Crippen molar-refractivity contribution in [1.29, 1.82) is 10.5 Å². The molecule has 0 bridgehead atoms. The van der Waals surface area contributed by atoms with Crippen molar-refractivity contribution in [2.75, 3.05) is 0 Å². The highest BCUT2D eigenvalue weighted by atomic mass is 15.0. The Kier molecular flexibility index (Phi) is 6.76. The summed E-state index contributed by atoms with van der Waals surface area (Å²) in [5.74, 6) is 0. The molecule has 2 aromatic heterocycles. The Morgan fingerprint density at radius 1 is 0.583 bits per heavy atom. The number of nitrogens with zero attached hydrogens (tertiary/aromatic N) is 5. The van der Waals surface area contributed by atoms with E-state index in [1.165, 1.54) is 10.8 Å². The molecule has 0 atom stereocenters. The van der Waals surface area contributed by atoms with Gasteiger partial charge in [0.25, 0.3) is 0 Å². The quantitative estimate of drug-likeness (QED) is 0.181. The van der Waals surface area contributed by atoms with Gasteiger partial charge in [-0.2, -0.15) is 10.5 Å². The largest absolute Gasteiger partial charge is 0.309 e. The van der Waals surface area contributed by atoms with Crippen molar-refractivity contribution in [3.8, 4) is 23.5 Å². The number of para-hydroxylation sites is 3. The third-order valence-corrected chi connectivity index (χ3v) is 9.23. The number of aromatic nitrogens is 2. The highest BCUT2D eigenvalue weighted by molar-refractivity contribution is 6.13. The minimum Gasteiger partial charge on any atom is -0.309 e. The molecule has 0 saturated heterocycles. The van der Waals surface area contributed by atoms with Crippen LogP contribution in [0, 0.1) is 29.6 Å². The van der Waals surface area contributed by atoms with Crippen molar-refractivity contribution in [2.45, 2.75) is 13.8 Å². The predicted molar refractivity (Wildman–Crippen MR) is 197 cm³/mol. The van der Waals surface area contributed by atoms with Crippen molar-refractivity contribution >= 4 is 55.0 Å². The first-order valence-corrected chi connectivity index (χ1v) is 15.8. The van der Waals surface area contributed by atoms with E-state index in [0.717, 1.165) is 66.6 Å². The van der Waals surface area contributed by atoms with E-state index in [9.17, 15) is 10.5 Å². The lowest BCUT2D eigenvalue weighted by Crippen LogP contribution is -2.06. The summed E-state index contributed by atoms with van der Waals surface area (Å²) in [6.45, 7) is 8.22. The number of hydrogen-bond donors (Lipinski definition) is 0. The molecule has 8 rings (SSSR count). The molecule has 0 saturated carbocycles. The molecule has 226 valence electrons. The molecule has 48 heavy (non-hydrogen) atoms. The highest BCUT2D eigenvalue weighted by Crippen LogP contribution is 2.37. The fraction of sp³-hybridized carbons (Fsp3) is 0.0465. The van der Waals surface area contributed by atoms with E-state index in [2.05, 4.69) is 119 Å². The average molecular weight is 616 g/mol. The summed E-state index contributed by atoms with van der Waals surface area (Å²) in [5.41, 5.74) is 11.4. The molecule has 0 unspecified atom stereocenters. The van der Waals surface area contributed by atoms with E-state index in [-0.39, 0.29) is 0 Å². The van der Waals surface area contributed by atoms with Crippen LogP contribution < -0.4 is 0 Å². The van der Waals surface area contributed by atoms with Gasteiger partial charge in [0.1, 0.15) is 0 Å². The highest BCUT2D eigenvalue weighted by Gasteiger charge is 2.19. The van der Waals surface area contributed by atoms with Crippen molar-refractivity contribution in [2.24, 2.45) is 4.99 Å². The van der Waals surface area contributed by atoms with Crippen molar-refractivity contribution in [3.05, 3.63) is 162 Å². The second-order valence-corrected chi connectivity index (χ2v) is 12.1. The lowest BCUT2D eigenvalue weighted by atomic mass is 10.0. The van der Waals surface area contributed by atoms with Gasteiger partial charge < -0.3 is 9.13 Å². The van der Waals surface area contributed by atoms with Crippen LogP contribution in [0.3, 0.4) is 0 Å². The molecule has 0 N–H and O–H groups in total. The summed E-state index contributed by atoms with van der Waals surface area (Å²) in [4.78, 5) is 4.97. The van der Waals surface area contributed by atoms with Gasteiger partial charge in [0, 0.05) is 44.1 Å². The Hall–Kier alpha value is -6.69. The van der Waals surface area contributed by atoms with Gasteiger partial charge in [0.15, 0.2) is 0 Å². The van der Waals surface area contributed by atoms with E-state index < -0.39 is 0 Å². The van der Waals surface area contributed by atoms with Crippen LogP contribution in [-0.4, -0.2) is 14.8 Å². The van der Waals surface area contributed by atoms with Gasteiger partial charge in [-0.1, -0.05) is 73.3 Å². The van der Waals surface area contributed by atoms with Gasteiger partial charge in [-0.25, -0.2) is 0 Å². The standard InChI is InChI=1S/C43H29N5/c1-27-16-17-30(25-44)22-37(27)28(2)46-29(3)38-23-31(26-45)18-21-42(38)48-41-15-9-6-12-35(41)36-20-19-32(24-43(36)48)47-39-13-7-4-10-33(39)34-11-5-8-14-40(34)47/h4-24H,2H2,1,3H3. The third-order valence-electron chi connectivity index (χ3n) is 9.23. The Labute approximate surface area is 278 Å². The van der Waals surface area contributed by atoms with Crippen LogP contribution in [0.25, 0.3) is 60.7 Å². The number of fused-ring (bicyclic) bond motifs is 6. The molecular formula is C43H29N5. The van der Waals surface area contributed by atoms with Gasteiger partial charge in [0.05, 0.1) is 56.7 Å². The molecule has 0 amide bonds. The predicted octanol–water partition coefficient (Wildman–Crippen LogP) is 10.4. The van der Waals surface area contributed by atoms with E-state index in [0.29, 0.717) is 16.8 Å². The molecular weight excluding hydrogens is 587 g/mol. The minimum atomic E-state index is 0.545.